The number of urea groups is 1. The maximum absolute atomic E-state index is 12.4. The summed E-state index contributed by atoms with van der Waals surface area (Å²) in [6.07, 6.45) is 0.348. The number of carbonyl (C=O) groups excluding carboxylic acids is 2. The van der Waals surface area contributed by atoms with E-state index in [1.54, 1.807) is 62.4 Å². The Bertz CT molecular complexity index is 1650. The number of rotatable bonds is 14. The van der Waals surface area contributed by atoms with Crippen LogP contribution in [0.2, 0.25) is 0 Å². The van der Waals surface area contributed by atoms with Gasteiger partial charge >= 0.3 is 12.0 Å². The Kier molecular flexibility index (Phi) is 11.4. The molecule has 240 valence electrons. The van der Waals surface area contributed by atoms with Crippen molar-refractivity contribution in [3.05, 3.63) is 94.2 Å². The number of methoxy groups -OCH3 is 2. The Morgan fingerprint density at radius 3 is 2.48 bits per heavy atom. The maximum Gasteiger partial charge on any atom is 0.337 e. The van der Waals surface area contributed by atoms with Gasteiger partial charge in [0.15, 0.2) is 29.2 Å². The van der Waals surface area contributed by atoms with E-state index in [2.05, 4.69) is 27.2 Å². The molecule has 13 nitrogen and oxygen atoms in total. The largest absolute Gasteiger partial charge is 0.493 e. The number of hydrogen-bond acceptors (Lipinski definition) is 11. The van der Waals surface area contributed by atoms with Crippen LogP contribution in [-0.2, 0) is 16.1 Å². The second-order valence-electron chi connectivity index (χ2n) is 9.92. The van der Waals surface area contributed by atoms with Gasteiger partial charge in [0, 0.05) is 5.70 Å². The summed E-state index contributed by atoms with van der Waals surface area (Å²) in [5.41, 5.74) is 6.02. The lowest BCUT2D eigenvalue weighted by Gasteiger charge is -2.28. The fourth-order valence-corrected chi connectivity index (χ4v) is 4.54. The van der Waals surface area contributed by atoms with Crippen LogP contribution in [0.15, 0.2) is 77.0 Å². The van der Waals surface area contributed by atoms with E-state index in [-0.39, 0.29) is 12.2 Å². The van der Waals surface area contributed by atoms with Gasteiger partial charge in [0.05, 0.1) is 50.3 Å². The Balaban J connectivity index is 1.35. The van der Waals surface area contributed by atoms with Gasteiger partial charge in [-0.3, -0.25) is 5.43 Å². The van der Waals surface area contributed by atoms with Crippen LogP contribution in [0.4, 0.5) is 4.79 Å². The third kappa shape index (κ3) is 8.46. The number of aliphatic hydroxyl groups is 1. The topological polar surface area (TPSA) is 173 Å². The zero-order chi connectivity index (χ0) is 33.1. The molecule has 1 aliphatic heterocycles. The van der Waals surface area contributed by atoms with Crippen LogP contribution in [0.1, 0.15) is 42.1 Å². The molecular formula is C33H35N5O8. The number of ether oxygens (including phenoxy) is 5. The molecular weight excluding hydrogens is 594 g/mol. The van der Waals surface area contributed by atoms with Crippen LogP contribution in [0.25, 0.3) is 0 Å². The molecule has 3 aromatic rings. The molecule has 4 rings (SSSR count). The quantitative estimate of drug-likeness (QED) is 0.0892. The summed E-state index contributed by atoms with van der Waals surface area (Å²) in [6.45, 7) is 3.89. The number of hydrazone groups is 1. The van der Waals surface area contributed by atoms with Crippen LogP contribution >= 0.6 is 0 Å². The van der Waals surface area contributed by atoms with E-state index in [9.17, 15) is 14.7 Å². The fraction of sp³-hybridized carbons (Fsp3) is 0.273. The van der Waals surface area contributed by atoms with E-state index in [1.807, 2.05) is 12.1 Å². The van der Waals surface area contributed by atoms with Crippen LogP contribution in [0.3, 0.4) is 0 Å². The molecule has 2 atom stereocenters. The number of nitriles is 1. The molecule has 2 amide bonds. The summed E-state index contributed by atoms with van der Waals surface area (Å²) in [5, 5.41) is 28.8. The molecule has 0 unspecified atom stereocenters. The highest BCUT2D eigenvalue weighted by Crippen LogP contribution is 2.35. The first kappa shape index (κ1) is 33.2. The smallest absolute Gasteiger partial charge is 0.337 e. The molecule has 0 radical (unpaired) electrons. The lowest BCUT2D eigenvalue weighted by Crippen LogP contribution is -2.45. The third-order valence-corrected chi connectivity index (χ3v) is 6.77. The van der Waals surface area contributed by atoms with Crippen LogP contribution in [-0.4, -0.2) is 57.0 Å². The van der Waals surface area contributed by atoms with Gasteiger partial charge in [-0.1, -0.05) is 18.2 Å². The number of allylic oxidation sites excluding steroid dienone is 1. The zero-order valence-electron chi connectivity index (χ0n) is 25.8. The van der Waals surface area contributed by atoms with Gasteiger partial charge in [-0.2, -0.15) is 10.4 Å². The van der Waals surface area contributed by atoms with Gasteiger partial charge < -0.3 is 39.4 Å². The first-order chi connectivity index (χ1) is 22.3. The molecule has 4 N–H and O–H groups in total. The highest BCUT2D eigenvalue weighted by molar-refractivity contribution is 5.95. The van der Waals surface area contributed by atoms with E-state index >= 15 is 0 Å². The summed E-state index contributed by atoms with van der Waals surface area (Å²) >= 11 is 0. The highest BCUT2D eigenvalue weighted by atomic mass is 16.5. The second kappa shape index (κ2) is 15.8. The summed E-state index contributed by atoms with van der Waals surface area (Å²) in [7, 11) is 2.80. The predicted molar refractivity (Wildman–Crippen MR) is 167 cm³/mol. The molecule has 0 saturated heterocycles. The van der Waals surface area contributed by atoms with Crippen molar-refractivity contribution in [3.63, 3.8) is 0 Å². The molecule has 0 fully saturated rings. The molecule has 3 aromatic carbocycles. The predicted octanol–water partition coefficient (Wildman–Crippen LogP) is 3.67. The summed E-state index contributed by atoms with van der Waals surface area (Å²) in [4.78, 5) is 24.6. The first-order valence-corrected chi connectivity index (χ1v) is 14.3. The van der Waals surface area contributed by atoms with Crippen LogP contribution in [0.5, 0.6) is 23.0 Å². The van der Waals surface area contributed by atoms with E-state index < -0.39 is 24.3 Å². The van der Waals surface area contributed by atoms with Crippen molar-refractivity contribution < 1.29 is 38.4 Å². The normalized spacial score (nSPS) is 14.9. The Morgan fingerprint density at radius 1 is 1.04 bits per heavy atom. The molecule has 0 aromatic heterocycles. The number of nitrogens with one attached hydrogen (secondary N) is 3. The lowest BCUT2D eigenvalue weighted by atomic mass is 9.95. The molecule has 46 heavy (non-hydrogen) atoms. The standard InChI is InChI=1S/C33H35N5O8/c1-5-44-28-15-24(31-30(32(40)43-4)20(2)36-33(41)37-31)11-13-26(28)46-19-29(39)38-35-17-23-10-12-25(27(14-23)42-3)45-18-22-8-6-21(16-34)7-9-22/h6-15,17,29,31,38-39H,5,18-19H2,1-4H3,(H2,36,37,41)/b35-17+/t29-,31-/m0/s1. The molecule has 0 aliphatic carbocycles. The van der Waals surface area contributed by atoms with Gasteiger partial charge in [0.25, 0.3) is 0 Å². The van der Waals surface area contributed by atoms with Gasteiger partial charge in [0.1, 0.15) is 13.2 Å². The van der Waals surface area contributed by atoms with Crippen LogP contribution < -0.4 is 35.0 Å². The van der Waals surface area contributed by atoms with Crippen molar-refractivity contribution in [2.75, 3.05) is 27.4 Å². The van der Waals surface area contributed by atoms with Crippen molar-refractivity contribution in [1.82, 2.24) is 16.1 Å². The number of hydrogen-bond donors (Lipinski definition) is 4. The number of carbonyl (C=O) groups is 2. The van der Waals surface area contributed by atoms with Crippen molar-refractivity contribution in [2.24, 2.45) is 5.10 Å². The third-order valence-electron chi connectivity index (χ3n) is 6.77. The van der Waals surface area contributed by atoms with E-state index in [1.165, 1.54) is 20.4 Å². The molecule has 1 heterocycles. The molecule has 0 bridgehead atoms. The minimum Gasteiger partial charge on any atom is -0.493 e. The lowest BCUT2D eigenvalue weighted by molar-refractivity contribution is -0.136. The zero-order valence-corrected chi connectivity index (χ0v) is 25.8. The number of amides is 2. The minimum atomic E-state index is -1.16. The number of aliphatic hydroxyl groups excluding tert-OH is 1. The monoisotopic (exact) mass is 629 g/mol. The van der Waals surface area contributed by atoms with Crippen molar-refractivity contribution >= 4 is 18.2 Å². The highest BCUT2D eigenvalue weighted by Gasteiger charge is 2.32. The molecule has 13 heteroatoms. The van der Waals surface area contributed by atoms with Gasteiger partial charge in [-0.25, -0.2) is 9.59 Å². The molecule has 0 saturated carbocycles. The van der Waals surface area contributed by atoms with Crippen molar-refractivity contribution in [2.45, 2.75) is 32.7 Å². The Morgan fingerprint density at radius 2 is 1.78 bits per heavy atom. The van der Waals surface area contributed by atoms with Crippen molar-refractivity contribution in [1.29, 1.82) is 5.26 Å². The van der Waals surface area contributed by atoms with Gasteiger partial charge in [0.2, 0.25) is 0 Å². The Hall–Kier alpha value is -5.74. The van der Waals surface area contributed by atoms with E-state index in [4.69, 9.17) is 28.9 Å². The number of benzene rings is 3. The minimum absolute atomic E-state index is 0.168. The summed E-state index contributed by atoms with van der Waals surface area (Å²) < 4.78 is 27.8. The second-order valence-corrected chi connectivity index (χ2v) is 9.92. The van der Waals surface area contributed by atoms with E-state index in [0.717, 1.165) is 5.56 Å². The summed E-state index contributed by atoms with van der Waals surface area (Å²) in [6, 6.07) is 18.2. The number of nitrogens with zero attached hydrogens (tertiary/aromatic N) is 2. The van der Waals surface area contributed by atoms with Gasteiger partial charge in [-0.05, 0) is 73.0 Å². The van der Waals surface area contributed by atoms with E-state index in [0.29, 0.717) is 58.6 Å². The SMILES string of the molecule is CCOc1cc([C@@H]2NC(=O)NC(C)=C2C(=O)OC)ccc1OC[C@H](O)N/N=C/c1ccc(OCc2ccc(C#N)cc2)c(OC)c1. The first-order valence-electron chi connectivity index (χ1n) is 14.3. The maximum atomic E-state index is 12.4. The van der Waals surface area contributed by atoms with Crippen molar-refractivity contribution in [3.8, 4) is 29.1 Å². The van der Waals surface area contributed by atoms with Gasteiger partial charge in [-0.15, -0.1) is 0 Å². The number of esters is 1. The molecule has 0 spiro atoms. The van der Waals surface area contributed by atoms with Crippen LogP contribution in [0, 0.1) is 11.3 Å². The average Bonchev–Trinajstić information content (AvgIpc) is 3.06. The summed E-state index contributed by atoms with van der Waals surface area (Å²) in [5.74, 6) is 1.17. The average molecular weight is 630 g/mol. The molecule has 1 aliphatic rings. The fourth-order valence-electron chi connectivity index (χ4n) is 4.54. The Labute approximate surface area is 266 Å².